The summed E-state index contributed by atoms with van der Waals surface area (Å²) in [7, 11) is 1.66. The number of aromatic nitrogens is 1. The van der Waals surface area contributed by atoms with E-state index < -0.39 is 0 Å². The number of nitrogens with two attached hydrogens (primary N) is 2. The van der Waals surface area contributed by atoms with Crippen molar-refractivity contribution in [3.8, 4) is 0 Å². The Balaban J connectivity index is 0.00000193. The van der Waals surface area contributed by atoms with Crippen LogP contribution in [0.3, 0.4) is 0 Å². The molecule has 6 nitrogen and oxygen atoms in total. The molecule has 4 N–H and O–H groups in total. The average Bonchev–Trinajstić information content (AvgIpc) is 3.17. The Kier molecular flexibility index (Phi) is 9.55. The number of methoxy groups -OCH3 is 1. The summed E-state index contributed by atoms with van der Waals surface area (Å²) in [6, 6.07) is 10.8. The quantitative estimate of drug-likeness (QED) is 0.497. The molecule has 0 saturated carbocycles. The number of ether oxygens (including phenoxy) is 1. The summed E-state index contributed by atoms with van der Waals surface area (Å²) in [5.41, 5.74) is 15.7. The standard InChI is InChI=1S/C24H29FN4O2.2ClH/c1-31-12-11-29-15-19(23-21(27)3-2-4-22(23)29)24(30)28-9-7-17(8-10-28)18-13-16(14-26)5-6-20(18)25;;/h2-6,13,15,17H,7-12,14,26-27H2,1H3;2*1H. The van der Waals surface area contributed by atoms with Gasteiger partial charge in [-0.2, -0.15) is 0 Å². The van der Waals surface area contributed by atoms with E-state index in [1.165, 1.54) is 6.07 Å². The molecule has 1 aliphatic heterocycles. The van der Waals surface area contributed by atoms with E-state index in [1.807, 2.05) is 39.9 Å². The Morgan fingerprint density at radius 2 is 1.91 bits per heavy atom. The minimum atomic E-state index is -0.198. The molecule has 0 unspecified atom stereocenters. The molecule has 2 heterocycles. The number of nitrogens with zero attached hydrogens (tertiary/aromatic N) is 2. The average molecular weight is 497 g/mol. The Morgan fingerprint density at radius 1 is 1.18 bits per heavy atom. The summed E-state index contributed by atoms with van der Waals surface area (Å²) in [5.74, 6) is -0.145. The molecule has 0 spiro atoms. The molecule has 1 saturated heterocycles. The van der Waals surface area contributed by atoms with E-state index in [0.29, 0.717) is 62.4 Å². The fourth-order valence-corrected chi connectivity index (χ4v) is 4.51. The second kappa shape index (κ2) is 11.7. The third-order valence-electron chi connectivity index (χ3n) is 6.22. The van der Waals surface area contributed by atoms with Crippen LogP contribution in [0.25, 0.3) is 10.9 Å². The van der Waals surface area contributed by atoms with Crippen molar-refractivity contribution in [1.82, 2.24) is 9.47 Å². The molecule has 9 heteroatoms. The van der Waals surface area contributed by atoms with Gasteiger partial charge in [-0.25, -0.2) is 4.39 Å². The second-order valence-electron chi connectivity index (χ2n) is 8.10. The second-order valence-corrected chi connectivity index (χ2v) is 8.10. The van der Waals surface area contributed by atoms with Crippen molar-refractivity contribution in [2.45, 2.75) is 31.8 Å². The number of likely N-dealkylation sites (tertiary alicyclic amines) is 1. The lowest BCUT2D eigenvalue weighted by Crippen LogP contribution is -2.38. The highest BCUT2D eigenvalue weighted by Crippen LogP contribution is 2.33. The molecule has 1 aliphatic rings. The summed E-state index contributed by atoms with van der Waals surface area (Å²) in [4.78, 5) is 15.2. The highest BCUT2D eigenvalue weighted by atomic mass is 35.5. The van der Waals surface area contributed by atoms with Gasteiger partial charge in [0.05, 0.1) is 17.7 Å². The lowest BCUT2D eigenvalue weighted by atomic mass is 9.88. The van der Waals surface area contributed by atoms with Crippen LogP contribution in [-0.4, -0.2) is 42.2 Å². The molecule has 33 heavy (non-hydrogen) atoms. The number of carbonyl (C=O) groups excluding carboxylic acids is 1. The number of hydrogen-bond donors (Lipinski definition) is 2. The first-order valence-corrected chi connectivity index (χ1v) is 10.7. The molecule has 1 aromatic heterocycles. The van der Waals surface area contributed by atoms with Gasteiger partial charge in [-0.05, 0) is 48.1 Å². The summed E-state index contributed by atoms with van der Waals surface area (Å²) < 4.78 is 21.6. The van der Waals surface area contributed by atoms with Gasteiger partial charge in [-0.1, -0.05) is 18.2 Å². The van der Waals surface area contributed by atoms with Crippen LogP contribution in [0.4, 0.5) is 10.1 Å². The van der Waals surface area contributed by atoms with Gasteiger partial charge < -0.3 is 25.7 Å². The molecular weight excluding hydrogens is 466 g/mol. The van der Waals surface area contributed by atoms with E-state index in [2.05, 4.69) is 0 Å². The molecule has 0 radical (unpaired) electrons. The van der Waals surface area contributed by atoms with Crippen molar-refractivity contribution in [3.05, 3.63) is 65.1 Å². The molecule has 0 bridgehead atoms. The fourth-order valence-electron chi connectivity index (χ4n) is 4.51. The van der Waals surface area contributed by atoms with E-state index in [0.717, 1.165) is 16.5 Å². The maximum atomic E-state index is 14.4. The van der Waals surface area contributed by atoms with Crippen LogP contribution in [0.5, 0.6) is 0 Å². The van der Waals surface area contributed by atoms with E-state index >= 15 is 0 Å². The Bertz CT molecular complexity index is 1100. The van der Waals surface area contributed by atoms with E-state index in [9.17, 15) is 9.18 Å². The Labute approximate surface area is 205 Å². The number of halogens is 3. The highest BCUT2D eigenvalue weighted by Gasteiger charge is 2.28. The third-order valence-corrected chi connectivity index (χ3v) is 6.22. The molecule has 0 atom stereocenters. The number of hydrogen-bond acceptors (Lipinski definition) is 4. The smallest absolute Gasteiger partial charge is 0.256 e. The van der Waals surface area contributed by atoms with Gasteiger partial charge in [0.2, 0.25) is 0 Å². The van der Waals surface area contributed by atoms with Crippen molar-refractivity contribution >= 4 is 47.3 Å². The molecule has 180 valence electrons. The summed E-state index contributed by atoms with van der Waals surface area (Å²) in [6.07, 6.45) is 3.31. The predicted octanol–water partition coefficient (Wildman–Crippen LogP) is 4.33. The zero-order valence-electron chi connectivity index (χ0n) is 18.6. The van der Waals surface area contributed by atoms with Gasteiger partial charge in [0, 0.05) is 50.6 Å². The highest BCUT2D eigenvalue weighted by molar-refractivity contribution is 6.11. The number of benzene rings is 2. The van der Waals surface area contributed by atoms with Gasteiger partial charge in [0.15, 0.2) is 0 Å². The molecule has 1 amide bonds. The van der Waals surface area contributed by atoms with Crippen molar-refractivity contribution in [2.75, 3.05) is 32.5 Å². The maximum Gasteiger partial charge on any atom is 0.256 e. The predicted molar refractivity (Wildman–Crippen MR) is 135 cm³/mol. The number of anilines is 1. The Hall–Kier alpha value is -2.32. The summed E-state index contributed by atoms with van der Waals surface area (Å²) >= 11 is 0. The van der Waals surface area contributed by atoms with Crippen LogP contribution < -0.4 is 11.5 Å². The number of fused-ring (bicyclic) bond motifs is 1. The van der Waals surface area contributed by atoms with Gasteiger partial charge in [0.25, 0.3) is 5.91 Å². The first kappa shape index (κ1) is 26.9. The van der Waals surface area contributed by atoms with Crippen LogP contribution in [0.15, 0.2) is 42.6 Å². The van der Waals surface area contributed by atoms with Crippen molar-refractivity contribution in [1.29, 1.82) is 0 Å². The largest absolute Gasteiger partial charge is 0.398 e. The maximum absolute atomic E-state index is 14.4. The minimum absolute atomic E-state index is 0. The van der Waals surface area contributed by atoms with Crippen LogP contribution in [0, 0.1) is 5.82 Å². The summed E-state index contributed by atoms with van der Waals surface area (Å²) in [6.45, 7) is 2.73. The van der Waals surface area contributed by atoms with Crippen molar-refractivity contribution in [3.63, 3.8) is 0 Å². The van der Waals surface area contributed by atoms with Crippen LogP contribution in [0.2, 0.25) is 0 Å². The molecule has 3 aromatic rings. The number of carbonyl (C=O) groups is 1. The third kappa shape index (κ3) is 5.44. The SMILES string of the molecule is COCCn1cc(C(=O)N2CCC(c3cc(CN)ccc3F)CC2)c2c(N)cccc21.Cl.Cl. The molecule has 2 aromatic carbocycles. The topological polar surface area (TPSA) is 86.5 Å². The molecule has 1 fully saturated rings. The van der Waals surface area contributed by atoms with E-state index in [4.69, 9.17) is 16.2 Å². The number of nitrogen functional groups attached to an aromatic ring is 1. The number of piperidine rings is 1. The van der Waals surface area contributed by atoms with Crippen LogP contribution in [-0.2, 0) is 17.8 Å². The van der Waals surface area contributed by atoms with Crippen molar-refractivity contribution < 1.29 is 13.9 Å². The molecular formula is C24H31Cl2FN4O2. The number of rotatable bonds is 6. The van der Waals surface area contributed by atoms with Gasteiger partial charge >= 0.3 is 0 Å². The normalized spacial score (nSPS) is 14.1. The first-order valence-electron chi connectivity index (χ1n) is 10.7. The molecule has 4 rings (SSSR count). The Morgan fingerprint density at radius 3 is 2.58 bits per heavy atom. The lowest BCUT2D eigenvalue weighted by Gasteiger charge is -2.32. The van der Waals surface area contributed by atoms with Crippen LogP contribution >= 0.6 is 24.8 Å². The van der Waals surface area contributed by atoms with E-state index in [-0.39, 0.29) is 42.5 Å². The minimum Gasteiger partial charge on any atom is -0.398 e. The molecule has 0 aliphatic carbocycles. The van der Waals surface area contributed by atoms with Gasteiger partial charge in [-0.15, -0.1) is 24.8 Å². The monoisotopic (exact) mass is 496 g/mol. The van der Waals surface area contributed by atoms with Gasteiger partial charge in [0.1, 0.15) is 5.82 Å². The zero-order valence-corrected chi connectivity index (χ0v) is 20.3. The van der Waals surface area contributed by atoms with E-state index in [1.54, 1.807) is 13.2 Å². The first-order chi connectivity index (χ1) is 15.0. The van der Waals surface area contributed by atoms with Crippen molar-refractivity contribution in [2.24, 2.45) is 5.73 Å². The lowest BCUT2D eigenvalue weighted by molar-refractivity contribution is 0.0714. The van der Waals surface area contributed by atoms with Crippen LogP contribution in [0.1, 0.15) is 40.2 Å². The number of amides is 1. The zero-order chi connectivity index (χ0) is 22.0. The van der Waals surface area contributed by atoms with Gasteiger partial charge in [-0.3, -0.25) is 4.79 Å². The fraction of sp³-hybridized carbons (Fsp3) is 0.375. The summed E-state index contributed by atoms with van der Waals surface area (Å²) in [5, 5.41) is 0.785.